The van der Waals surface area contributed by atoms with Crippen molar-refractivity contribution in [2.75, 3.05) is 13.1 Å². The van der Waals surface area contributed by atoms with Crippen LogP contribution in [0.15, 0.2) is 97.1 Å². The van der Waals surface area contributed by atoms with E-state index >= 15 is 0 Å². The summed E-state index contributed by atoms with van der Waals surface area (Å²) in [6.07, 6.45) is -4.05. The Morgan fingerprint density at radius 3 is 1.63 bits per heavy atom. The summed E-state index contributed by atoms with van der Waals surface area (Å²) in [5.74, 6) is -1.82. The molecule has 2 atom stereocenters. The van der Waals surface area contributed by atoms with E-state index in [2.05, 4.69) is 4.52 Å². The Morgan fingerprint density at radius 2 is 1.18 bits per heavy atom. The number of hydrogen-bond donors (Lipinski definition) is 3. The van der Waals surface area contributed by atoms with E-state index in [-0.39, 0.29) is 35.6 Å². The van der Waals surface area contributed by atoms with Crippen molar-refractivity contribution in [3.8, 4) is 5.75 Å². The smallest absolute Gasteiger partial charge is 0.421 e. The molecule has 0 spiro atoms. The maximum absolute atomic E-state index is 14.7. The highest BCUT2D eigenvalue weighted by molar-refractivity contribution is 7.53. The lowest BCUT2D eigenvalue weighted by atomic mass is 9.67. The highest BCUT2D eigenvalue weighted by atomic mass is 31.2. The molecule has 9 nitrogen and oxygen atoms in total. The van der Waals surface area contributed by atoms with Gasteiger partial charge in [0.15, 0.2) is 5.78 Å². The van der Waals surface area contributed by atoms with E-state index in [0.717, 1.165) is 36.4 Å². The summed E-state index contributed by atoms with van der Waals surface area (Å²) in [6, 6.07) is 19.9. The Kier molecular flexibility index (Phi) is 12.1. The first-order valence-corrected chi connectivity index (χ1v) is 18.7. The number of halogens is 5. The van der Waals surface area contributed by atoms with Crippen molar-refractivity contribution in [1.29, 1.82) is 0 Å². The lowest BCUT2D eigenvalue weighted by Gasteiger charge is -2.34. The summed E-state index contributed by atoms with van der Waals surface area (Å²) < 4.78 is 96.7. The molecule has 51 heavy (non-hydrogen) atoms. The number of carbonyl (C=O) groups excluding carboxylic acids is 2. The molecule has 0 saturated carbocycles. The zero-order valence-electron chi connectivity index (χ0n) is 27.3. The Morgan fingerprint density at radius 1 is 0.725 bits per heavy atom. The first-order valence-electron chi connectivity index (χ1n) is 15.5. The van der Waals surface area contributed by atoms with E-state index in [0.29, 0.717) is 29.8 Å². The van der Waals surface area contributed by atoms with E-state index in [1.165, 1.54) is 48.5 Å². The Labute approximate surface area is 290 Å². The van der Waals surface area contributed by atoms with Crippen LogP contribution < -0.4 is 4.52 Å². The van der Waals surface area contributed by atoms with Gasteiger partial charge in [0.2, 0.25) is 0 Å². The van der Waals surface area contributed by atoms with Gasteiger partial charge in [-0.2, -0.15) is 17.6 Å². The number of rotatable bonds is 15. The fourth-order valence-electron chi connectivity index (χ4n) is 5.61. The van der Waals surface area contributed by atoms with Crippen LogP contribution in [-0.2, 0) is 33.1 Å². The number of carbonyl (C=O) groups is 2. The minimum Gasteiger partial charge on any atom is -0.421 e. The van der Waals surface area contributed by atoms with Gasteiger partial charge in [-0.1, -0.05) is 48.5 Å². The van der Waals surface area contributed by atoms with Crippen LogP contribution in [0.4, 0.5) is 22.0 Å². The second-order valence-electron chi connectivity index (χ2n) is 11.7. The van der Waals surface area contributed by atoms with Crippen molar-refractivity contribution in [3.63, 3.8) is 0 Å². The molecule has 0 aliphatic heterocycles. The van der Waals surface area contributed by atoms with Gasteiger partial charge in [-0.05, 0) is 91.9 Å². The van der Waals surface area contributed by atoms with Crippen molar-refractivity contribution in [3.05, 3.63) is 136 Å². The van der Waals surface area contributed by atoms with Crippen LogP contribution in [0.1, 0.15) is 56.8 Å². The normalized spacial score (nSPS) is 14.4. The summed E-state index contributed by atoms with van der Waals surface area (Å²) in [4.78, 5) is 57.3. The Hall–Kier alpha value is -4.19. The van der Waals surface area contributed by atoms with Crippen LogP contribution in [0, 0.1) is 5.82 Å². The standard InChI is InChI=1S/C35H34F5NO8P2/c1-3-41(4-2)32(43)26-9-15-27(16-10-26)34(31(42)25-11-17-29(36)18-12-25,21-23-5-13-28(14-6-23)35(39,40)51(46,47)48)22-24-7-19-30(20-8-24)49-50(44,45)33(37)38/h5-20,33H,3-4,21-22H2,1-2H3,(H,44,45)(H2,46,47,48). The summed E-state index contributed by atoms with van der Waals surface area (Å²) in [5.41, 5.74) is -5.73. The molecule has 0 radical (unpaired) electrons. The predicted octanol–water partition coefficient (Wildman–Crippen LogP) is 7.93. The van der Waals surface area contributed by atoms with Crippen molar-refractivity contribution < 1.29 is 59.9 Å². The van der Waals surface area contributed by atoms with Gasteiger partial charge in [-0.25, -0.2) is 8.96 Å². The monoisotopic (exact) mass is 753 g/mol. The SMILES string of the molecule is CCN(CC)C(=O)c1ccc(C(Cc2ccc(OP(=O)(O)C(F)F)cc2)(Cc2ccc(C(F)(F)P(=O)(O)O)cc2)C(=O)c2ccc(F)cc2)cc1. The average Bonchev–Trinajstić information content (AvgIpc) is 3.09. The van der Waals surface area contributed by atoms with E-state index < -0.39 is 49.6 Å². The molecule has 4 aromatic carbocycles. The zero-order chi connectivity index (χ0) is 37.8. The van der Waals surface area contributed by atoms with Gasteiger partial charge >= 0.3 is 27.0 Å². The molecule has 0 saturated heterocycles. The first kappa shape index (κ1) is 39.6. The molecule has 0 aliphatic rings. The second kappa shape index (κ2) is 15.6. The number of nitrogens with zero attached hydrogens (tertiary/aromatic N) is 1. The van der Waals surface area contributed by atoms with Crippen molar-refractivity contribution in [2.24, 2.45) is 0 Å². The van der Waals surface area contributed by atoms with Gasteiger partial charge in [0, 0.05) is 29.8 Å². The number of benzene rings is 4. The summed E-state index contributed by atoms with van der Waals surface area (Å²) in [5, 5.41) is 0. The average molecular weight is 754 g/mol. The van der Waals surface area contributed by atoms with E-state index in [1.807, 2.05) is 13.8 Å². The molecule has 4 rings (SSSR count). The van der Waals surface area contributed by atoms with Crippen LogP contribution in [0.2, 0.25) is 0 Å². The summed E-state index contributed by atoms with van der Waals surface area (Å²) in [7, 11) is -11.2. The van der Waals surface area contributed by atoms with Crippen LogP contribution in [0.25, 0.3) is 0 Å². The molecule has 0 bridgehead atoms. The highest BCUT2D eigenvalue weighted by Crippen LogP contribution is 2.59. The van der Waals surface area contributed by atoms with E-state index in [4.69, 9.17) is 0 Å². The molecule has 0 aromatic heterocycles. The maximum atomic E-state index is 14.7. The molecule has 0 fully saturated rings. The molecule has 3 N–H and O–H groups in total. The van der Waals surface area contributed by atoms with Gasteiger partial charge in [0.05, 0.1) is 5.41 Å². The van der Waals surface area contributed by atoms with Gasteiger partial charge < -0.3 is 24.1 Å². The largest absolute Gasteiger partial charge is 0.442 e. The first-order chi connectivity index (χ1) is 23.8. The molecule has 1 amide bonds. The number of ketones is 1. The highest BCUT2D eigenvalue weighted by Gasteiger charge is 2.50. The third-order valence-corrected chi connectivity index (χ3v) is 10.3. The zero-order valence-corrected chi connectivity index (χ0v) is 29.0. The molecule has 0 heterocycles. The lowest BCUT2D eigenvalue weighted by molar-refractivity contribution is 0.0564. The number of hydrogen-bond acceptors (Lipinski definition) is 5. The molecule has 2 unspecified atom stereocenters. The molecule has 0 aliphatic carbocycles. The quantitative estimate of drug-likeness (QED) is 0.0632. The topological polar surface area (TPSA) is 141 Å². The van der Waals surface area contributed by atoms with Gasteiger partial charge in [0.25, 0.3) is 5.91 Å². The van der Waals surface area contributed by atoms with Crippen molar-refractivity contribution in [1.82, 2.24) is 4.90 Å². The van der Waals surface area contributed by atoms with Gasteiger partial charge in [0.1, 0.15) is 11.6 Å². The van der Waals surface area contributed by atoms with Crippen molar-refractivity contribution >= 4 is 26.9 Å². The second-order valence-corrected chi connectivity index (χ2v) is 15.0. The number of Topliss-reactive ketones (excluding diaryl/α,β-unsaturated/α-hetero) is 1. The third-order valence-electron chi connectivity index (χ3n) is 8.36. The van der Waals surface area contributed by atoms with Crippen molar-refractivity contribution in [2.45, 2.75) is 43.9 Å². The number of alkyl halides is 4. The van der Waals surface area contributed by atoms with E-state index in [9.17, 15) is 55.4 Å². The molecule has 16 heteroatoms. The van der Waals surface area contributed by atoms with Crippen LogP contribution >= 0.6 is 15.2 Å². The Bertz CT molecular complexity index is 1930. The number of amides is 1. The van der Waals surface area contributed by atoms with Gasteiger partial charge in [-0.3, -0.25) is 14.2 Å². The lowest BCUT2D eigenvalue weighted by Crippen LogP contribution is -2.41. The minimum absolute atomic E-state index is 0.0578. The fourth-order valence-corrected chi connectivity index (χ4v) is 6.60. The predicted molar refractivity (Wildman–Crippen MR) is 179 cm³/mol. The van der Waals surface area contributed by atoms with E-state index in [1.54, 1.807) is 17.0 Å². The molecule has 272 valence electrons. The Balaban J connectivity index is 1.89. The molecular weight excluding hydrogens is 719 g/mol. The minimum atomic E-state index is -5.88. The van der Waals surface area contributed by atoms with Crippen LogP contribution in [-0.4, -0.2) is 50.5 Å². The maximum Gasteiger partial charge on any atom is 0.442 e. The van der Waals surface area contributed by atoms with Crippen LogP contribution in [0.3, 0.4) is 0 Å². The molecular formula is C35H34F5NO8P2. The molecule has 4 aromatic rings. The van der Waals surface area contributed by atoms with Crippen LogP contribution in [0.5, 0.6) is 5.75 Å². The fraction of sp³-hybridized carbons (Fsp3) is 0.257. The summed E-state index contributed by atoms with van der Waals surface area (Å²) in [6.45, 7) is 4.49. The van der Waals surface area contributed by atoms with Gasteiger partial charge in [-0.15, -0.1) is 0 Å². The summed E-state index contributed by atoms with van der Waals surface area (Å²) >= 11 is 0. The third kappa shape index (κ3) is 8.83.